The molecule has 1 nitrogen and oxygen atoms in total. The predicted octanol–water partition coefficient (Wildman–Crippen LogP) is 2.68. The summed E-state index contributed by atoms with van der Waals surface area (Å²) in [5.74, 6) is 1.90. The molecule has 0 heterocycles. The van der Waals surface area contributed by atoms with Crippen LogP contribution in [0.1, 0.15) is 39.5 Å². The molecular formula is C10H19N. The van der Waals surface area contributed by atoms with Crippen LogP contribution in [0.2, 0.25) is 0 Å². The first-order valence-electron chi connectivity index (χ1n) is 4.72. The lowest BCUT2D eigenvalue weighted by atomic mass is 10.1. The minimum atomic E-state index is 0.919. The van der Waals surface area contributed by atoms with Crippen molar-refractivity contribution < 1.29 is 0 Å². The number of hydrogen-bond acceptors (Lipinski definition) is 1. The molecule has 2 N–H and O–H groups in total. The van der Waals surface area contributed by atoms with Crippen LogP contribution in [0.3, 0.4) is 0 Å². The fourth-order valence-electron chi connectivity index (χ4n) is 1.71. The van der Waals surface area contributed by atoms with E-state index in [1.165, 1.54) is 12.8 Å². The Balaban J connectivity index is 2.17. The van der Waals surface area contributed by atoms with Gasteiger partial charge >= 0.3 is 0 Å². The number of nitrogens with two attached hydrogens (primary N) is 1. The Morgan fingerprint density at radius 3 is 2.64 bits per heavy atom. The molecule has 1 aliphatic carbocycles. The van der Waals surface area contributed by atoms with Crippen LogP contribution in [0.4, 0.5) is 0 Å². The van der Waals surface area contributed by atoms with Gasteiger partial charge in [-0.2, -0.15) is 0 Å². The standard InChI is InChI=1S/C10H19N/c1-3-5-10(11)7-9-6-8(9)4-2/h5,8-9H,3-4,6-7,11H2,1-2H3/b10-5-. The van der Waals surface area contributed by atoms with E-state index in [1.54, 1.807) is 0 Å². The van der Waals surface area contributed by atoms with Crippen LogP contribution < -0.4 is 5.73 Å². The third kappa shape index (κ3) is 2.57. The second kappa shape index (κ2) is 3.80. The summed E-state index contributed by atoms with van der Waals surface area (Å²) in [4.78, 5) is 0. The Morgan fingerprint density at radius 2 is 2.18 bits per heavy atom. The molecule has 2 unspecified atom stereocenters. The van der Waals surface area contributed by atoms with Crippen LogP contribution in [-0.4, -0.2) is 0 Å². The molecule has 0 radical (unpaired) electrons. The Labute approximate surface area is 69.7 Å². The van der Waals surface area contributed by atoms with E-state index in [-0.39, 0.29) is 0 Å². The summed E-state index contributed by atoms with van der Waals surface area (Å²) >= 11 is 0. The smallest absolute Gasteiger partial charge is 0.00427 e. The highest BCUT2D eigenvalue weighted by atomic mass is 14.6. The van der Waals surface area contributed by atoms with Crippen molar-refractivity contribution in [1.82, 2.24) is 0 Å². The molecule has 1 fully saturated rings. The molecule has 1 aliphatic rings. The maximum Gasteiger partial charge on any atom is 0.00427 e. The van der Waals surface area contributed by atoms with Gasteiger partial charge in [-0.05, 0) is 31.1 Å². The number of allylic oxidation sites excluding steroid dienone is 2. The second-order valence-corrected chi connectivity index (χ2v) is 3.56. The van der Waals surface area contributed by atoms with Crippen molar-refractivity contribution in [2.24, 2.45) is 17.6 Å². The van der Waals surface area contributed by atoms with Crippen molar-refractivity contribution in [3.63, 3.8) is 0 Å². The molecule has 64 valence electrons. The lowest BCUT2D eigenvalue weighted by Crippen LogP contribution is -1.98. The van der Waals surface area contributed by atoms with Gasteiger partial charge in [0.2, 0.25) is 0 Å². The highest BCUT2D eigenvalue weighted by molar-refractivity contribution is 5.02. The van der Waals surface area contributed by atoms with Crippen molar-refractivity contribution in [2.75, 3.05) is 0 Å². The first-order valence-corrected chi connectivity index (χ1v) is 4.72. The van der Waals surface area contributed by atoms with E-state index in [0.29, 0.717) is 0 Å². The van der Waals surface area contributed by atoms with Crippen LogP contribution in [-0.2, 0) is 0 Å². The lowest BCUT2D eigenvalue weighted by Gasteiger charge is -1.98. The van der Waals surface area contributed by atoms with E-state index in [1.807, 2.05) is 0 Å². The van der Waals surface area contributed by atoms with Gasteiger partial charge in [0.05, 0.1) is 0 Å². The highest BCUT2D eigenvalue weighted by Gasteiger charge is 2.34. The SMILES string of the molecule is CC/C=C(\N)CC1CC1CC. The largest absolute Gasteiger partial charge is 0.402 e. The molecule has 0 aliphatic heterocycles. The summed E-state index contributed by atoms with van der Waals surface area (Å²) in [6, 6.07) is 0. The van der Waals surface area contributed by atoms with Crippen LogP contribution >= 0.6 is 0 Å². The van der Waals surface area contributed by atoms with Crippen molar-refractivity contribution in [3.8, 4) is 0 Å². The molecule has 1 heteroatoms. The molecule has 11 heavy (non-hydrogen) atoms. The van der Waals surface area contributed by atoms with E-state index >= 15 is 0 Å². The summed E-state index contributed by atoms with van der Waals surface area (Å²) in [5.41, 5.74) is 6.91. The molecule has 2 atom stereocenters. The molecule has 0 spiro atoms. The van der Waals surface area contributed by atoms with Gasteiger partial charge in [0, 0.05) is 5.70 Å². The van der Waals surface area contributed by atoms with Gasteiger partial charge in [0.1, 0.15) is 0 Å². The summed E-state index contributed by atoms with van der Waals surface area (Å²) in [6.07, 6.45) is 7.12. The highest BCUT2D eigenvalue weighted by Crippen LogP contribution is 2.44. The molecule has 0 bridgehead atoms. The first kappa shape index (κ1) is 8.63. The normalized spacial score (nSPS) is 30.5. The minimum absolute atomic E-state index is 0.919. The van der Waals surface area contributed by atoms with Gasteiger partial charge in [-0.1, -0.05) is 26.3 Å². The molecule has 0 aromatic rings. The average Bonchev–Trinajstić information content (AvgIpc) is 2.68. The van der Waals surface area contributed by atoms with E-state index in [0.717, 1.165) is 30.4 Å². The number of hydrogen-bond donors (Lipinski definition) is 1. The molecule has 0 aromatic carbocycles. The average molecular weight is 153 g/mol. The Hall–Kier alpha value is -0.460. The Kier molecular flexibility index (Phi) is 2.98. The Morgan fingerprint density at radius 1 is 1.45 bits per heavy atom. The lowest BCUT2D eigenvalue weighted by molar-refractivity contribution is 0.669. The van der Waals surface area contributed by atoms with Crippen LogP contribution in [0.15, 0.2) is 11.8 Å². The summed E-state index contributed by atoms with van der Waals surface area (Å²) < 4.78 is 0. The van der Waals surface area contributed by atoms with Crippen LogP contribution in [0.25, 0.3) is 0 Å². The fraction of sp³-hybridized carbons (Fsp3) is 0.800. The topological polar surface area (TPSA) is 26.0 Å². The predicted molar refractivity (Wildman–Crippen MR) is 49.1 cm³/mol. The van der Waals surface area contributed by atoms with Gasteiger partial charge in [0.15, 0.2) is 0 Å². The minimum Gasteiger partial charge on any atom is -0.402 e. The van der Waals surface area contributed by atoms with Crippen LogP contribution in [0.5, 0.6) is 0 Å². The molecule has 1 rings (SSSR count). The number of rotatable bonds is 4. The van der Waals surface area contributed by atoms with Gasteiger partial charge in [-0.3, -0.25) is 0 Å². The van der Waals surface area contributed by atoms with Gasteiger partial charge in [0.25, 0.3) is 0 Å². The maximum atomic E-state index is 5.80. The van der Waals surface area contributed by atoms with E-state index in [9.17, 15) is 0 Å². The summed E-state index contributed by atoms with van der Waals surface area (Å²) in [7, 11) is 0. The van der Waals surface area contributed by atoms with Gasteiger partial charge in [-0.15, -0.1) is 0 Å². The van der Waals surface area contributed by atoms with Crippen molar-refractivity contribution in [3.05, 3.63) is 11.8 Å². The molecule has 1 saturated carbocycles. The monoisotopic (exact) mass is 153 g/mol. The van der Waals surface area contributed by atoms with Crippen LogP contribution in [0, 0.1) is 11.8 Å². The van der Waals surface area contributed by atoms with E-state index in [2.05, 4.69) is 19.9 Å². The van der Waals surface area contributed by atoms with Gasteiger partial charge < -0.3 is 5.73 Å². The zero-order valence-electron chi connectivity index (χ0n) is 7.64. The zero-order valence-corrected chi connectivity index (χ0v) is 7.64. The second-order valence-electron chi connectivity index (χ2n) is 3.56. The summed E-state index contributed by atoms with van der Waals surface area (Å²) in [6.45, 7) is 4.40. The third-order valence-electron chi connectivity index (χ3n) is 2.56. The molecule has 0 saturated heterocycles. The van der Waals surface area contributed by atoms with Crippen molar-refractivity contribution >= 4 is 0 Å². The Bertz CT molecular complexity index is 149. The quantitative estimate of drug-likeness (QED) is 0.660. The van der Waals surface area contributed by atoms with Crippen molar-refractivity contribution in [2.45, 2.75) is 39.5 Å². The third-order valence-corrected chi connectivity index (χ3v) is 2.56. The molecule has 0 amide bonds. The molecular weight excluding hydrogens is 134 g/mol. The van der Waals surface area contributed by atoms with E-state index < -0.39 is 0 Å². The maximum absolute atomic E-state index is 5.80. The summed E-state index contributed by atoms with van der Waals surface area (Å²) in [5, 5.41) is 0. The van der Waals surface area contributed by atoms with Gasteiger partial charge in [-0.25, -0.2) is 0 Å². The molecule has 0 aromatic heterocycles. The van der Waals surface area contributed by atoms with E-state index in [4.69, 9.17) is 5.73 Å². The zero-order chi connectivity index (χ0) is 8.27. The fourth-order valence-corrected chi connectivity index (χ4v) is 1.71. The first-order chi connectivity index (χ1) is 5.27. The van der Waals surface area contributed by atoms with Crippen molar-refractivity contribution in [1.29, 1.82) is 0 Å².